The van der Waals surface area contributed by atoms with Gasteiger partial charge in [-0.15, -0.1) is 0 Å². The van der Waals surface area contributed by atoms with E-state index >= 15 is 0 Å². The molecule has 0 saturated heterocycles. The minimum atomic E-state index is -0.218. The third-order valence-electron chi connectivity index (χ3n) is 2.96. The third-order valence-corrected chi connectivity index (χ3v) is 2.96. The van der Waals surface area contributed by atoms with E-state index in [1.807, 2.05) is 30.3 Å². The lowest BCUT2D eigenvalue weighted by Gasteiger charge is -2.25. The Kier molecular flexibility index (Phi) is 6.52. The highest BCUT2D eigenvalue weighted by atomic mass is 16.3. The molecule has 1 aromatic rings. The molecule has 112 valence electrons. The van der Waals surface area contributed by atoms with Crippen LogP contribution in [-0.2, 0) is 6.42 Å². The molecular formula is C16H26N2O2. The van der Waals surface area contributed by atoms with Crippen molar-refractivity contribution in [3.63, 3.8) is 0 Å². The quantitative estimate of drug-likeness (QED) is 0.748. The van der Waals surface area contributed by atoms with Crippen molar-refractivity contribution >= 4 is 6.03 Å². The van der Waals surface area contributed by atoms with Crippen molar-refractivity contribution in [2.75, 3.05) is 13.2 Å². The van der Waals surface area contributed by atoms with Gasteiger partial charge in [-0.2, -0.15) is 0 Å². The van der Waals surface area contributed by atoms with E-state index in [0.29, 0.717) is 6.54 Å². The SMILES string of the molecule is CC(C)(C)CC(CO)NC(=O)NCCc1ccccc1. The first kappa shape index (κ1) is 16.5. The number of nitrogens with one attached hydrogen (secondary N) is 2. The number of carbonyl (C=O) groups is 1. The van der Waals surface area contributed by atoms with Crippen LogP contribution in [0.3, 0.4) is 0 Å². The van der Waals surface area contributed by atoms with E-state index in [0.717, 1.165) is 12.8 Å². The summed E-state index contributed by atoms with van der Waals surface area (Å²) in [5.41, 5.74) is 1.27. The van der Waals surface area contributed by atoms with Crippen LogP contribution in [0.25, 0.3) is 0 Å². The van der Waals surface area contributed by atoms with E-state index in [1.165, 1.54) is 5.56 Å². The van der Waals surface area contributed by atoms with Gasteiger partial charge in [-0.1, -0.05) is 51.1 Å². The molecule has 0 aromatic heterocycles. The first-order chi connectivity index (χ1) is 9.40. The Morgan fingerprint density at radius 2 is 1.90 bits per heavy atom. The normalized spacial score (nSPS) is 12.8. The van der Waals surface area contributed by atoms with Crippen molar-refractivity contribution in [2.24, 2.45) is 5.41 Å². The maximum atomic E-state index is 11.8. The predicted molar refractivity (Wildman–Crippen MR) is 81.6 cm³/mol. The Hall–Kier alpha value is -1.55. The van der Waals surface area contributed by atoms with Gasteiger partial charge in [0.15, 0.2) is 0 Å². The van der Waals surface area contributed by atoms with E-state index in [-0.39, 0.29) is 24.1 Å². The molecule has 0 saturated carbocycles. The van der Waals surface area contributed by atoms with Gasteiger partial charge >= 0.3 is 6.03 Å². The van der Waals surface area contributed by atoms with Gasteiger partial charge in [-0.25, -0.2) is 4.79 Å². The van der Waals surface area contributed by atoms with Gasteiger partial charge < -0.3 is 15.7 Å². The van der Waals surface area contributed by atoms with Crippen LogP contribution < -0.4 is 10.6 Å². The molecule has 1 atom stereocenters. The van der Waals surface area contributed by atoms with Crippen LogP contribution in [0, 0.1) is 5.41 Å². The number of aliphatic hydroxyl groups is 1. The Labute approximate surface area is 121 Å². The zero-order valence-electron chi connectivity index (χ0n) is 12.6. The van der Waals surface area contributed by atoms with Crippen LogP contribution in [0.2, 0.25) is 0 Å². The summed E-state index contributed by atoms with van der Waals surface area (Å²) in [6.07, 6.45) is 1.55. The molecule has 0 aliphatic heterocycles. The third kappa shape index (κ3) is 7.14. The van der Waals surface area contributed by atoms with Crippen molar-refractivity contribution in [1.29, 1.82) is 0 Å². The molecule has 4 nitrogen and oxygen atoms in total. The van der Waals surface area contributed by atoms with Crippen LogP contribution in [0.5, 0.6) is 0 Å². The number of amides is 2. The van der Waals surface area contributed by atoms with E-state index in [9.17, 15) is 9.90 Å². The molecule has 0 radical (unpaired) electrons. The Balaban J connectivity index is 2.28. The van der Waals surface area contributed by atoms with Crippen molar-refractivity contribution in [1.82, 2.24) is 10.6 Å². The molecule has 1 rings (SSSR count). The second-order valence-electron chi connectivity index (χ2n) is 6.28. The minimum absolute atomic E-state index is 0.0383. The number of rotatable bonds is 6. The van der Waals surface area contributed by atoms with Gasteiger partial charge in [0, 0.05) is 6.54 Å². The summed E-state index contributed by atoms with van der Waals surface area (Å²) in [6.45, 7) is 6.81. The first-order valence-corrected chi connectivity index (χ1v) is 7.10. The van der Waals surface area contributed by atoms with Crippen molar-refractivity contribution in [3.8, 4) is 0 Å². The number of hydrogen-bond donors (Lipinski definition) is 3. The summed E-state index contributed by atoms with van der Waals surface area (Å²) in [4.78, 5) is 11.8. The average Bonchev–Trinajstić information content (AvgIpc) is 2.37. The fourth-order valence-electron chi connectivity index (χ4n) is 2.10. The topological polar surface area (TPSA) is 61.4 Å². The summed E-state index contributed by atoms with van der Waals surface area (Å²) in [5, 5.41) is 14.9. The summed E-state index contributed by atoms with van der Waals surface area (Å²) >= 11 is 0. The molecule has 0 fully saturated rings. The monoisotopic (exact) mass is 278 g/mol. The first-order valence-electron chi connectivity index (χ1n) is 7.10. The smallest absolute Gasteiger partial charge is 0.315 e. The second kappa shape index (κ2) is 7.90. The van der Waals surface area contributed by atoms with Crippen LogP contribution in [0.1, 0.15) is 32.8 Å². The molecule has 0 bridgehead atoms. The fourth-order valence-corrected chi connectivity index (χ4v) is 2.10. The molecule has 1 aromatic carbocycles. The number of aliphatic hydroxyl groups excluding tert-OH is 1. The fraction of sp³-hybridized carbons (Fsp3) is 0.562. The second-order valence-corrected chi connectivity index (χ2v) is 6.28. The highest BCUT2D eigenvalue weighted by Crippen LogP contribution is 2.20. The predicted octanol–water partition coefficient (Wildman–Crippen LogP) is 2.33. The molecule has 3 N–H and O–H groups in total. The number of hydrogen-bond acceptors (Lipinski definition) is 2. The minimum Gasteiger partial charge on any atom is -0.394 e. The van der Waals surface area contributed by atoms with Crippen LogP contribution in [0.15, 0.2) is 30.3 Å². The van der Waals surface area contributed by atoms with Gasteiger partial charge in [0.1, 0.15) is 0 Å². The van der Waals surface area contributed by atoms with Crippen molar-refractivity contribution < 1.29 is 9.90 Å². The maximum Gasteiger partial charge on any atom is 0.315 e. The summed E-state index contributed by atoms with van der Waals surface area (Å²) in [7, 11) is 0. The Morgan fingerprint density at radius 1 is 1.25 bits per heavy atom. The lowest BCUT2D eigenvalue weighted by molar-refractivity contribution is 0.191. The van der Waals surface area contributed by atoms with E-state index in [1.54, 1.807) is 0 Å². The van der Waals surface area contributed by atoms with Gasteiger partial charge in [0.25, 0.3) is 0 Å². The van der Waals surface area contributed by atoms with Gasteiger partial charge in [-0.3, -0.25) is 0 Å². The largest absolute Gasteiger partial charge is 0.394 e. The Morgan fingerprint density at radius 3 is 2.45 bits per heavy atom. The molecule has 1 unspecified atom stereocenters. The molecule has 20 heavy (non-hydrogen) atoms. The number of urea groups is 1. The van der Waals surface area contributed by atoms with Crippen LogP contribution in [0.4, 0.5) is 4.79 Å². The molecule has 4 heteroatoms. The molecule has 0 heterocycles. The highest BCUT2D eigenvalue weighted by Gasteiger charge is 2.19. The van der Waals surface area contributed by atoms with Gasteiger partial charge in [0.05, 0.1) is 12.6 Å². The lowest BCUT2D eigenvalue weighted by atomic mass is 9.88. The zero-order chi connectivity index (χ0) is 15.0. The Bertz CT molecular complexity index is 399. The molecule has 0 aliphatic carbocycles. The average molecular weight is 278 g/mol. The van der Waals surface area contributed by atoms with Crippen molar-refractivity contribution in [3.05, 3.63) is 35.9 Å². The van der Waals surface area contributed by atoms with E-state index in [4.69, 9.17) is 0 Å². The standard InChI is InChI=1S/C16H26N2O2/c1-16(2,3)11-14(12-19)18-15(20)17-10-9-13-7-5-4-6-8-13/h4-8,14,19H,9-12H2,1-3H3,(H2,17,18,20). The molecule has 0 spiro atoms. The van der Waals surface area contributed by atoms with Crippen molar-refractivity contribution in [2.45, 2.75) is 39.7 Å². The molecular weight excluding hydrogens is 252 g/mol. The summed E-state index contributed by atoms with van der Waals surface area (Å²) in [5.74, 6) is 0. The summed E-state index contributed by atoms with van der Waals surface area (Å²) in [6, 6.07) is 9.60. The maximum absolute atomic E-state index is 11.8. The van der Waals surface area contributed by atoms with E-state index in [2.05, 4.69) is 31.4 Å². The van der Waals surface area contributed by atoms with Gasteiger partial charge in [0.2, 0.25) is 0 Å². The molecule has 0 aliphatic rings. The van der Waals surface area contributed by atoms with Gasteiger partial charge in [-0.05, 0) is 23.8 Å². The zero-order valence-corrected chi connectivity index (χ0v) is 12.6. The van der Waals surface area contributed by atoms with Crippen LogP contribution in [-0.4, -0.2) is 30.3 Å². The lowest BCUT2D eigenvalue weighted by Crippen LogP contribution is -2.45. The summed E-state index contributed by atoms with van der Waals surface area (Å²) < 4.78 is 0. The van der Waals surface area contributed by atoms with E-state index < -0.39 is 0 Å². The number of carbonyl (C=O) groups excluding carboxylic acids is 1. The van der Waals surface area contributed by atoms with Crippen LogP contribution >= 0.6 is 0 Å². The molecule has 2 amide bonds. The highest BCUT2D eigenvalue weighted by molar-refractivity contribution is 5.74. The number of benzene rings is 1.